The van der Waals surface area contributed by atoms with Gasteiger partial charge in [-0.15, -0.1) is 0 Å². The topological polar surface area (TPSA) is 35.6 Å². The molecule has 1 aromatic carbocycles. The van der Waals surface area contributed by atoms with Gasteiger partial charge in [0.15, 0.2) is 0 Å². The van der Waals surface area contributed by atoms with Crippen LogP contribution in [0.25, 0.3) is 0 Å². The summed E-state index contributed by atoms with van der Waals surface area (Å²) in [5, 5.41) is 3.07. The monoisotopic (exact) mass is 259 g/mol. The van der Waals surface area contributed by atoms with Crippen LogP contribution in [0.15, 0.2) is 24.3 Å². The third-order valence-corrected chi connectivity index (χ3v) is 4.17. The van der Waals surface area contributed by atoms with Gasteiger partial charge in [0.25, 0.3) is 5.91 Å². The fraction of sp³-hybridized carbons (Fsp3) is 0.533. The summed E-state index contributed by atoms with van der Waals surface area (Å²) in [5.74, 6) is 0.0429. The van der Waals surface area contributed by atoms with Crippen molar-refractivity contribution < 1.29 is 4.79 Å². The van der Waals surface area contributed by atoms with E-state index in [9.17, 15) is 4.79 Å². The van der Waals surface area contributed by atoms with E-state index in [4.69, 9.17) is 0 Å². The Morgan fingerprint density at radius 3 is 2.74 bits per heavy atom. The number of piperazine rings is 3. The smallest absolute Gasteiger partial charge is 0.251 e. The van der Waals surface area contributed by atoms with Gasteiger partial charge in [0.05, 0.1) is 0 Å². The van der Waals surface area contributed by atoms with Crippen molar-refractivity contribution in [3.8, 4) is 0 Å². The molecule has 0 aliphatic carbocycles. The number of hydrogen-bond donors (Lipinski definition) is 1. The molecule has 4 heteroatoms. The number of nitrogens with zero attached hydrogens (tertiary/aromatic N) is 2. The molecule has 1 N–H and O–H groups in total. The molecule has 1 aromatic rings. The second-order valence-electron chi connectivity index (χ2n) is 5.57. The fourth-order valence-corrected chi connectivity index (χ4v) is 3.02. The van der Waals surface area contributed by atoms with E-state index in [1.807, 2.05) is 31.2 Å². The molecule has 2 bridgehead atoms. The maximum atomic E-state index is 12.1. The molecule has 3 aliphatic rings. The molecule has 19 heavy (non-hydrogen) atoms. The standard InChI is InChI=1S/C15H21N3O/c1-12-3-2-4-13(9-12)15(19)16-10-14-11-17-5-7-18(14)8-6-17/h2-4,9,14H,5-8,10-11H2,1H3,(H,16,19). The summed E-state index contributed by atoms with van der Waals surface area (Å²) in [5.41, 5.74) is 1.88. The molecule has 0 saturated carbocycles. The number of rotatable bonds is 3. The average Bonchev–Trinajstić information content (AvgIpc) is 2.46. The number of aryl methyl sites for hydroxylation is 1. The fourth-order valence-electron chi connectivity index (χ4n) is 3.02. The number of amides is 1. The van der Waals surface area contributed by atoms with Crippen LogP contribution < -0.4 is 5.32 Å². The number of benzene rings is 1. The summed E-state index contributed by atoms with van der Waals surface area (Å²) in [6.07, 6.45) is 0. The normalized spacial score (nSPS) is 29.2. The molecule has 3 fully saturated rings. The molecule has 3 saturated heterocycles. The SMILES string of the molecule is Cc1cccc(C(=O)NCC2CN3CCN2CC3)c1. The van der Waals surface area contributed by atoms with E-state index in [1.165, 1.54) is 13.1 Å². The molecule has 4 nitrogen and oxygen atoms in total. The van der Waals surface area contributed by atoms with Crippen molar-refractivity contribution in [3.05, 3.63) is 35.4 Å². The molecule has 0 aromatic heterocycles. The number of hydrogen-bond acceptors (Lipinski definition) is 3. The summed E-state index contributed by atoms with van der Waals surface area (Å²) in [6.45, 7) is 8.51. The van der Waals surface area contributed by atoms with Gasteiger partial charge in [-0.1, -0.05) is 17.7 Å². The molecule has 1 unspecified atom stereocenters. The first-order chi connectivity index (χ1) is 9.22. The van der Waals surface area contributed by atoms with E-state index >= 15 is 0 Å². The number of carbonyl (C=O) groups excluding carboxylic acids is 1. The average molecular weight is 259 g/mol. The molecule has 102 valence electrons. The summed E-state index contributed by atoms with van der Waals surface area (Å²) in [7, 11) is 0. The summed E-state index contributed by atoms with van der Waals surface area (Å²) in [4.78, 5) is 17.1. The Morgan fingerprint density at radius 1 is 1.32 bits per heavy atom. The molecule has 0 spiro atoms. The summed E-state index contributed by atoms with van der Waals surface area (Å²) >= 11 is 0. The Morgan fingerprint density at radius 2 is 2.11 bits per heavy atom. The van der Waals surface area contributed by atoms with E-state index in [-0.39, 0.29) is 5.91 Å². The Balaban J connectivity index is 1.56. The number of nitrogens with one attached hydrogen (secondary N) is 1. The predicted octanol–water partition coefficient (Wildman–Crippen LogP) is 0.725. The van der Waals surface area contributed by atoms with Crippen molar-refractivity contribution >= 4 is 5.91 Å². The van der Waals surface area contributed by atoms with E-state index in [0.717, 1.165) is 37.3 Å². The zero-order valence-corrected chi connectivity index (χ0v) is 11.4. The third kappa shape index (κ3) is 2.80. The van der Waals surface area contributed by atoms with Crippen LogP contribution in [-0.2, 0) is 0 Å². The number of carbonyl (C=O) groups is 1. The van der Waals surface area contributed by atoms with Crippen molar-refractivity contribution in [2.24, 2.45) is 0 Å². The van der Waals surface area contributed by atoms with Crippen LogP contribution in [0.1, 0.15) is 15.9 Å². The maximum Gasteiger partial charge on any atom is 0.251 e. The summed E-state index contributed by atoms with van der Waals surface area (Å²) in [6, 6.07) is 8.24. The second-order valence-corrected chi connectivity index (χ2v) is 5.57. The third-order valence-electron chi connectivity index (χ3n) is 4.17. The highest BCUT2D eigenvalue weighted by Crippen LogP contribution is 2.15. The highest BCUT2D eigenvalue weighted by atomic mass is 16.1. The minimum Gasteiger partial charge on any atom is -0.350 e. The second kappa shape index (κ2) is 5.31. The Bertz CT molecular complexity index is 466. The lowest BCUT2D eigenvalue weighted by Gasteiger charge is -2.47. The Hall–Kier alpha value is -1.39. The van der Waals surface area contributed by atoms with Crippen LogP contribution in [-0.4, -0.2) is 61.0 Å². The number of fused-ring (bicyclic) bond motifs is 3. The molecular formula is C15H21N3O. The van der Waals surface area contributed by atoms with Crippen LogP contribution in [0.3, 0.4) is 0 Å². The quantitative estimate of drug-likeness (QED) is 0.869. The first-order valence-corrected chi connectivity index (χ1v) is 7.03. The minimum atomic E-state index is 0.0429. The van der Waals surface area contributed by atoms with Gasteiger partial charge in [-0.25, -0.2) is 0 Å². The molecule has 4 rings (SSSR count). The van der Waals surface area contributed by atoms with Gasteiger partial charge in [-0.2, -0.15) is 0 Å². The highest BCUT2D eigenvalue weighted by molar-refractivity contribution is 5.94. The van der Waals surface area contributed by atoms with Gasteiger partial charge in [0.2, 0.25) is 0 Å². The lowest BCUT2D eigenvalue weighted by molar-refractivity contribution is 0.0138. The molecule has 0 radical (unpaired) electrons. The molecule has 3 aliphatic heterocycles. The van der Waals surface area contributed by atoms with Gasteiger partial charge in [0.1, 0.15) is 0 Å². The van der Waals surface area contributed by atoms with E-state index in [2.05, 4.69) is 15.1 Å². The van der Waals surface area contributed by atoms with Crippen molar-refractivity contribution in [1.29, 1.82) is 0 Å². The largest absolute Gasteiger partial charge is 0.350 e. The van der Waals surface area contributed by atoms with Crippen LogP contribution in [0, 0.1) is 6.92 Å². The van der Waals surface area contributed by atoms with Crippen LogP contribution in [0.5, 0.6) is 0 Å². The summed E-state index contributed by atoms with van der Waals surface area (Å²) < 4.78 is 0. The van der Waals surface area contributed by atoms with Crippen LogP contribution >= 0.6 is 0 Å². The molecular weight excluding hydrogens is 238 g/mol. The zero-order chi connectivity index (χ0) is 13.2. The molecule has 1 atom stereocenters. The lowest BCUT2D eigenvalue weighted by Crippen LogP contribution is -2.63. The lowest BCUT2D eigenvalue weighted by atomic mass is 10.1. The molecule has 1 amide bonds. The molecule has 3 heterocycles. The van der Waals surface area contributed by atoms with Gasteiger partial charge >= 0.3 is 0 Å². The minimum absolute atomic E-state index is 0.0429. The maximum absolute atomic E-state index is 12.1. The van der Waals surface area contributed by atoms with Crippen LogP contribution in [0.2, 0.25) is 0 Å². The van der Waals surface area contributed by atoms with E-state index in [1.54, 1.807) is 0 Å². The van der Waals surface area contributed by atoms with Gasteiger partial charge in [-0.05, 0) is 19.1 Å². The van der Waals surface area contributed by atoms with Gasteiger partial charge in [-0.3, -0.25) is 14.6 Å². The van der Waals surface area contributed by atoms with E-state index < -0.39 is 0 Å². The zero-order valence-electron chi connectivity index (χ0n) is 11.4. The highest BCUT2D eigenvalue weighted by Gasteiger charge is 2.31. The van der Waals surface area contributed by atoms with Crippen molar-refractivity contribution in [2.75, 3.05) is 39.3 Å². The van der Waals surface area contributed by atoms with Crippen molar-refractivity contribution in [3.63, 3.8) is 0 Å². The van der Waals surface area contributed by atoms with Gasteiger partial charge in [0, 0.05) is 50.9 Å². The van der Waals surface area contributed by atoms with Crippen LogP contribution in [0.4, 0.5) is 0 Å². The predicted molar refractivity (Wildman–Crippen MR) is 75.3 cm³/mol. The Labute approximate surface area is 114 Å². The Kier molecular flexibility index (Phi) is 3.53. The van der Waals surface area contributed by atoms with Crippen molar-refractivity contribution in [2.45, 2.75) is 13.0 Å². The van der Waals surface area contributed by atoms with Gasteiger partial charge < -0.3 is 5.32 Å². The first-order valence-electron chi connectivity index (χ1n) is 7.03. The van der Waals surface area contributed by atoms with E-state index in [0.29, 0.717) is 6.04 Å². The van der Waals surface area contributed by atoms with Crippen molar-refractivity contribution in [1.82, 2.24) is 15.1 Å². The first kappa shape index (κ1) is 12.6.